The summed E-state index contributed by atoms with van der Waals surface area (Å²) in [6, 6.07) is 12.9. The third kappa shape index (κ3) is 2.70. The molecule has 2 aromatic rings. The first-order valence-electron chi connectivity index (χ1n) is 11.2. The van der Waals surface area contributed by atoms with Crippen molar-refractivity contribution in [3.63, 3.8) is 0 Å². The molecule has 33 heavy (non-hydrogen) atoms. The molecular formula is C25H24N2O6. The molecule has 6 rings (SSSR count). The fourth-order valence-corrected chi connectivity index (χ4v) is 5.96. The monoisotopic (exact) mass is 448 g/mol. The number of methoxy groups -OCH3 is 1. The van der Waals surface area contributed by atoms with Gasteiger partial charge in [0, 0.05) is 13.2 Å². The smallest absolute Gasteiger partial charge is 0.414 e. The van der Waals surface area contributed by atoms with Crippen LogP contribution in [0.2, 0.25) is 0 Å². The number of cyclic esters (lactones) is 1. The Bertz CT molecular complexity index is 1190. The van der Waals surface area contributed by atoms with Crippen LogP contribution in [0.4, 0.5) is 21.9 Å². The number of esters is 1. The van der Waals surface area contributed by atoms with Crippen molar-refractivity contribution >= 4 is 35.0 Å². The van der Waals surface area contributed by atoms with Crippen molar-refractivity contribution in [1.29, 1.82) is 0 Å². The number of hydrogen-bond donors (Lipinski definition) is 0. The van der Waals surface area contributed by atoms with Gasteiger partial charge in [0.25, 0.3) is 0 Å². The summed E-state index contributed by atoms with van der Waals surface area (Å²) in [5, 5.41) is 0. The van der Waals surface area contributed by atoms with Crippen LogP contribution >= 0.6 is 0 Å². The number of rotatable bonds is 3. The maximum absolute atomic E-state index is 14.1. The van der Waals surface area contributed by atoms with Crippen LogP contribution in [0.5, 0.6) is 0 Å². The summed E-state index contributed by atoms with van der Waals surface area (Å²) in [7, 11) is 1.31. The van der Waals surface area contributed by atoms with Crippen molar-refractivity contribution in [3.05, 3.63) is 53.6 Å². The second-order valence-electron chi connectivity index (χ2n) is 9.13. The lowest BCUT2D eigenvalue weighted by molar-refractivity contribution is -0.121. The minimum absolute atomic E-state index is 0.0163. The summed E-state index contributed by atoms with van der Waals surface area (Å²) < 4.78 is 15.6. The average molecular weight is 448 g/mol. The Morgan fingerprint density at radius 2 is 1.79 bits per heavy atom. The molecule has 2 spiro atoms. The SMILES string of the molecule is COC(=O)c1cc(N2CCOC2=O)cc(N2C(=O)C3(CC34CCOCC4)c3ccccc32)c1. The lowest BCUT2D eigenvalue weighted by atomic mass is 9.82. The van der Waals surface area contributed by atoms with Crippen molar-refractivity contribution in [1.82, 2.24) is 0 Å². The van der Waals surface area contributed by atoms with Crippen LogP contribution in [-0.2, 0) is 24.4 Å². The molecule has 0 bridgehead atoms. The standard InChI is InChI=1S/C25H24N2O6/c1-31-21(28)16-12-17(26-8-11-33-23(26)30)14-18(13-16)27-20-5-3-2-4-19(20)25(22(27)29)15-24(25)6-9-32-10-7-24/h2-5,12-14H,6-11,15H2,1H3. The number of hydrogen-bond acceptors (Lipinski definition) is 6. The Labute approximate surface area is 191 Å². The number of amides is 2. The van der Waals surface area contributed by atoms with E-state index in [1.807, 2.05) is 24.3 Å². The van der Waals surface area contributed by atoms with Crippen LogP contribution in [0.3, 0.4) is 0 Å². The van der Waals surface area contributed by atoms with Gasteiger partial charge in [0.05, 0.1) is 41.7 Å². The van der Waals surface area contributed by atoms with Gasteiger partial charge in [-0.3, -0.25) is 14.6 Å². The largest absolute Gasteiger partial charge is 0.465 e. The van der Waals surface area contributed by atoms with Crippen molar-refractivity contribution in [3.8, 4) is 0 Å². The van der Waals surface area contributed by atoms with E-state index in [2.05, 4.69) is 0 Å². The van der Waals surface area contributed by atoms with Crippen molar-refractivity contribution in [2.24, 2.45) is 5.41 Å². The van der Waals surface area contributed by atoms with E-state index in [1.54, 1.807) is 23.1 Å². The van der Waals surface area contributed by atoms with Crippen molar-refractivity contribution in [2.75, 3.05) is 43.3 Å². The molecule has 0 radical (unpaired) electrons. The first kappa shape index (κ1) is 20.2. The topological polar surface area (TPSA) is 85.4 Å². The number of fused-ring (bicyclic) bond motifs is 3. The number of nitrogens with zero attached hydrogens (tertiary/aromatic N) is 2. The highest BCUT2D eigenvalue weighted by Gasteiger charge is 2.76. The number of carbonyl (C=O) groups is 3. The quantitative estimate of drug-likeness (QED) is 0.668. The first-order valence-corrected chi connectivity index (χ1v) is 11.2. The Morgan fingerprint density at radius 1 is 1.03 bits per heavy atom. The molecule has 2 saturated heterocycles. The highest BCUT2D eigenvalue weighted by Crippen LogP contribution is 2.74. The molecule has 8 heteroatoms. The van der Waals surface area contributed by atoms with Gasteiger partial charge in [-0.15, -0.1) is 0 Å². The fourth-order valence-electron chi connectivity index (χ4n) is 5.96. The molecule has 3 fully saturated rings. The lowest BCUT2D eigenvalue weighted by Crippen LogP contribution is -2.35. The molecule has 1 saturated carbocycles. The molecule has 3 aliphatic heterocycles. The van der Waals surface area contributed by atoms with Crippen LogP contribution in [0.25, 0.3) is 0 Å². The molecule has 2 aromatic carbocycles. The number of para-hydroxylation sites is 1. The van der Waals surface area contributed by atoms with Crippen LogP contribution in [0.1, 0.15) is 35.2 Å². The zero-order chi connectivity index (χ0) is 22.8. The molecule has 170 valence electrons. The van der Waals surface area contributed by atoms with E-state index in [-0.39, 0.29) is 23.5 Å². The second-order valence-corrected chi connectivity index (χ2v) is 9.13. The second kappa shape index (κ2) is 7.05. The van der Waals surface area contributed by atoms with Crippen LogP contribution in [0, 0.1) is 5.41 Å². The molecule has 0 N–H and O–H groups in total. The minimum Gasteiger partial charge on any atom is -0.465 e. The Morgan fingerprint density at radius 3 is 2.52 bits per heavy atom. The van der Waals surface area contributed by atoms with Gasteiger partial charge in [0.15, 0.2) is 0 Å². The van der Waals surface area contributed by atoms with Crippen molar-refractivity contribution in [2.45, 2.75) is 24.7 Å². The number of anilines is 3. The third-order valence-corrected chi connectivity index (χ3v) is 7.66. The van der Waals surface area contributed by atoms with Gasteiger partial charge < -0.3 is 14.2 Å². The minimum atomic E-state index is -0.568. The Balaban J connectivity index is 1.49. The maximum atomic E-state index is 14.1. The molecule has 0 aromatic heterocycles. The summed E-state index contributed by atoms with van der Waals surface area (Å²) in [5.74, 6) is -0.518. The predicted octanol–water partition coefficient (Wildman–Crippen LogP) is 3.55. The summed E-state index contributed by atoms with van der Waals surface area (Å²) in [6.45, 7) is 1.97. The maximum Gasteiger partial charge on any atom is 0.414 e. The normalized spacial score (nSPS) is 24.9. The predicted molar refractivity (Wildman–Crippen MR) is 119 cm³/mol. The first-order chi connectivity index (χ1) is 16.0. The molecule has 4 aliphatic rings. The van der Waals surface area contributed by atoms with E-state index in [9.17, 15) is 14.4 Å². The van der Waals surface area contributed by atoms with Gasteiger partial charge in [-0.25, -0.2) is 9.59 Å². The van der Waals surface area contributed by atoms with E-state index in [0.717, 1.165) is 30.5 Å². The lowest BCUT2D eigenvalue weighted by Gasteiger charge is -2.27. The Hall–Kier alpha value is -3.39. The summed E-state index contributed by atoms with van der Waals surface area (Å²) in [5.41, 5.74) is 2.50. The van der Waals surface area contributed by atoms with E-state index >= 15 is 0 Å². The zero-order valence-electron chi connectivity index (χ0n) is 18.3. The van der Waals surface area contributed by atoms with Crippen LogP contribution < -0.4 is 9.80 Å². The number of benzene rings is 2. The highest BCUT2D eigenvalue weighted by molar-refractivity contribution is 6.16. The fraction of sp³-hybridized carbons (Fsp3) is 0.400. The van der Waals surface area contributed by atoms with E-state index in [4.69, 9.17) is 14.2 Å². The highest BCUT2D eigenvalue weighted by atomic mass is 16.6. The van der Waals surface area contributed by atoms with Gasteiger partial charge in [0.1, 0.15) is 6.61 Å². The van der Waals surface area contributed by atoms with Gasteiger partial charge in [-0.05, 0) is 54.5 Å². The number of carbonyl (C=O) groups excluding carboxylic acids is 3. The summed E-state index contributed by atoms with van der Waals surface area (Å²) in [6.07, 6.45) is 2.04. The number of ether oxygens (including phenoxy) is 3. The average Bonchev–Trinajstić information content (AvgIpc) is 3.12. The van der Waals surface area contributed by atoms with Crippen LogP contribution in [0.15, 0.2) is 42.5 Å². The molecule has 3 heterocycles. The Kier molecular flexibility index (Phi) is 4.32. The van der Waals surface area contributed by atoms with Gasteiger partial charge in [0.2, 0.25) is 5.91 Å². The van der Waals surface area contributed by atoms with E-state index in [1.165, 1.54) is 12.0 Å². The molecule has 1 unspecified atom stereocenters. The van der Waals surface area contributed by atoms with E-state index in [0.29, 0.717) is 31.1 Å². The third-order valence-electron chi connectivity index (χ3n) is 7.66. The molecule has 1 atom stereocenters. The molecule has 8 nitrogen and oxygen atoms in total. The van der Waals surface area contributed by atoms with Crippen molar-refractivity contribution < 1.29 is 28.6 Å². The van der Waals surface area contributed by atoms with E-state index < -0.39 is 17.5 Å². The van der Waals surface area contributed by atoms with Gasteiger partial charge >= 0.3 is 12.1 Å². The zero-order valence-corrected chi connectivity index (χ0v) is 18.3. The summed E-state index contributed by atoms with van der Waals surface area (Å²) >= 11 is 0. The van der Waals surface area contributed by atoms with Gasteiger partial charge in [-0.1, -0.05) is 18.2 Å². The molecule has 2 amide bonds. The molecular weight excluding hydrogens is 424 g/mol. The van der Waals surface area contributed by atoms with Gasteiger partial charge in [-0.2, -0.15) is 0 Å². The molecule has 1 aliphatic carbocycles. The van der Waals surface area contributed by atoms with Crippen LogP contribution in [-0.4, -0.2) is 51.4 Å². The summed E-state index contributed by atoms with van der Waals surface area (Å²) in [4.78, 5) is 42.0.